The van der Waals surface area contributed by atoms with Gasteiger partial charge in [-0.25, -0.2) is 9.59 Å². The largest absolute Gasteiger partial charge is 0.478 e. The molecule has 112 valence electrons. The van der Waals surface area contributed by atoms with E-state index in [0.29, 0.717) is 12.5 Å². The highest BCUT2D eigenvalue weighted by Gasteiger charge is 2.45. The van der Waals surface area contributed by atoms with E-state index in [9.17, 15) is 14.4 Å². The molecule has 3 N–H and O–H groups in total. The van der Waals surface area contributed by atoms with E-state index in [1.54, 1.807) is 0 Å². The summed E-state index contributed by atoms with van der Waals surface area (Å²) >= 11 is 0. The molecule has 0 aromatic rings. The molecular formula is C14H22N2O4. The molecule has 0 unspecified atom stereocenters. The van der Waals surface area contributed by atoms with E-state index in [1.807, 2.05) is 0 Å². The fourth-order valence-corrected chi connectivity index (χ4v) is 1.95. The summed E-state index contributed by atoms with van der Waals surface area (Å²) < 4.78 is 0. The highest BCUT2D eigenvalue weighted by molar-refractivity contribution is 6.07. The topological polar surface area (TPSA) is 95.5 Å². The fourth-order valence-electron chi connectivity index (χ4n) is 1.95. The number of rotatable bonds is 5. The molecule has 1 fully saturated rings. The number of amides is 3. The Hall–Kier alpha value is -1.85. The Labute approximate surface area is 118 Å². The molecule has 1 saturated carbocycles. The van der Waals surface area contributed by atoms with Crippen molar-refractivity contribution in [1.82, 2.24) is 10.6 Å². The number of urea groups is 1. The Balaban J connectivity index is 2.49. The van der Waals surface area contributed by atoms with E-state index in [2.05, 4.69) is 24.5 Å². The predicted molar refractivity (Wildman–Crippen MR) is 74.1 cm³/mol. The van der Waals surface area contributed by atoms with Gasteiger partial charge in [0.25, 0.3) is 5.91 Å². The zero-order chi connectivity index (χ0) is 15.5. The van der Waals surface area contributed by atoms with Gasteiger partial charge in [0.1, 0.15) is 0 Å². The van der Waals surface area contributed by atoms with Crippen molar-refractivity contribution in [3.8, 4) is 0 Å². The summed E-state index contributed by atoms with van der Waals surface area (Å²) in [5, 5.41) is 13.6. The second-order valence-corrected chi connectivity index (χ2v) is 5.71. The van der Waals surface area contributed by atoms with Crippen LogP contribution in [0.3, 0.4) is 0 Å². The molecule has 1 aliphatic carbocycles. The van der Waals surface area contributed by atoms with E-state index < -0.39 is 17.9 Å². The minimum absolute atomic E-state index is 0.0256. The first-order chi connectivity index (χ1) is 9.19. The van der Waals surface area contributed by atoms with Gasteiger partial charge in [-0.1, -0.05) is 13.8 Å². The maximum Gasteiger partial charge on any atom is 0.331 e. The molecule has 3 amide bonds. The molecule has 6 heteroatoms. The summed E-state index contributed by atoms with van der Waals surface area (Å²) in [6.07, 6.45) is 2.16. The van der Waals surface area contributed by atoms with Crippen LogP contribution in [-0.4, -0.2) is 29.6 Å². The lowest BCUT2D eigenvalue weighted by molar-refractivity contribution is -0.133. The van der Waals surface area contributed by atoms with Gasteiger partial charge in [0.2, 0.25) is 0 Å². The van der Waals surface area contributed by atoms with Gasteiger partial charge in [-0.15, -0.1) is 0 Å². The van der Waals surface area contributed by atoms with Crippen molar-refractivity contribution in [3.05, 3.63) is 11.1 Å². The molecule has 0 atom stereocenters. The summed E-state index contributed by atoms with van der Waals surface area (Å²) in [6, 6.07) is -0.584. The first-order valence-corrected chi connectivity index (χ1v) is 6.69. The molecule has 0 saturated heterocycles. The van der Waals surface area contributed by atoms with Crippen molar-refractivity contribution >= 4 is 17.9 Å². The molecule has 0 aromatic heterocycles. The normalized spacial score (nSPS) is 17.2. The summed E-state index contributed by atoms with van der Waals surface area (Å²) in [5.41, 5.74) is 0.108. The zero-order valence-electron chi connectivity index (χ0n) is 12.4. The zero-order valence-corrected chi connectivity index (χ0v) is 12.4. The number of hydrogen-bond donors (Lipinski definition) is 3. The van der Waals surface area contributed by atoms with Crippen LogP contribution in [0.15, 0.2) is 11.1 Å². The van der Waals surface area contributed by atoms with E-state index in [1.165, 1.54) is 13.8 Å². The van der Waals surface area contributed by atoms with Crippen LogP contribution in [0, 0.1) is 11.3 Å². The molecular weight excluding hydrogens is 260 g/mol. The fraction of sp³-hybridized carbons (Fsp3) is 0.643. The van der Waals surface area contributed by atoms with Crippen molar-refractivity contribution in [2.75, 3.05) is 6.54 Å². The average molecular weight is 282 g/mol. The van der Waals surface area contributed by atoms with Crippen LogP contribution in [0.4, 0.5) is 4.79 Å². The van der Waals surface area contributed by atoms with Crippen LogP contribution in [0.5, 0.6) is 0 Å². The highest BCUT2D eigenvalue weighted by Crippen LogP contribution is 2.51. The van der Waals surface area contributed by atoms with Crippen LogP contribution in [-0.2, 0) is 9.59 Å². The predicted octanol–water partition coefficient (Wildman–Crippen LogP) is 1.67. The summed E-state index contributed by atoms with van der Waals surface area (Å²) in [5.74, 6) is -1.37. The molecule has 1 aliphatic rings. The Kier molecular flexibility index (Phi) is 4.92. The molecule has 0 aliphatic heterocycles. The SMILES string of the molecule is CC(C(=O)O)=C(C)C(=O)NC(=O)NCC1(C(C)C)CC1. The molecule has 0 heterocycles. The Morgan fingerprint density at radius 1 is 1.15 bits per heavy atom. The minimum Gasteiger partial charge on any atom is -0.478 e. The monoisotopic (exact) mass is 282 g/mol. The van der Waals surface area contributed by atoms with Crippen molar-refractivity contribution in [3.63, 3.8) is 0 Å². The quantitative estimate of drug-likeness (QED) is 0.668. The second-order valence-electron chi connectivity index (χ2n) is 5.71. The molecule has 0 radical (unpaired) electrons. The number of aliphatic carboxylic acids is 1. The van der Waals surface area contributed by atoms with E-state index in [4.69, 9.17) is 5.11 Å². The summed E-state index contributed by atoms with van der Waals surface area (Å²) in [4.78, 5) is 34.0. The van der Waals surface area contributed by atoms with Gasteiger partial charge in [0.05, 0.1) is 0 Å². The van der Waals surface area contributed by atoms with Crippen molar-refractivity contribution in [2.24, 2.45) is 11.3 Å². The molecule has 6 nitrogen and oxygen atoms in total. The molecule has 0 spiro atoms. The number of imide groups is 1. The van der Waals surface area contributed by atoms with Gasteiger partial charge in [0, 0.05) is 17.7 Å². The highest BCUT2D eigenvalue weighted by atomic mass is 16.4. The summed E-state index contributed by atoms with van der Waals surface area (Å²) in [7, 11) is 0. The van der Waals surface area contributed by atoms with Crippen LogP contribution in [0.25, 0.3) is 0 Å². The molecule has 0 aromatic carbocycles. The first kappa shape index (κ1) is 16.2. The number of carboxylic acids is 1. The lowest BCUT2D eigenvalue weighted by Crippen LogP contribution is -2.43. The number of hydrogen-bond acceptors (Lipinski definition) is 3. The first-order valence-electron chi connectivity index (χ1n) is 6.69. The maximum absolute atomic E-state index is 11.7. The average Bonchev–Trinajstić information content (AvgIpc) is 3.15. The van der Waals surface area contributed by atoms with Crippen molar-refractivity contribution in [1.29, 1.82) is 0 Å². The van der Waals surface area contributed by atoms with Crippen LogP contribution < -0.4 is 10.6 Å². The van der Waals surface area contributed by atoms with Crippen LogP contribution >= 0.6 is 0 Å². The number of carbonyl (C=O) groups is 3. The van der Waals surface area contributed by atoms with Crippen molar-refractivity contribution < 1.29 is 19.5 Å². The standard InChI is InChI=1S/C14H22N2O4/c1-8(2)14(5-6-14)7-15-13(20)16-11(17)9(3)10(4)12(18)19/h8H,5-7H2,1-4H3,(H,18,19)(H2,15,16,17,20). The van der Waals surface area contributed by atoms with Gasteiger partial charge >= 0.3 is 12.0 Å². The molecule has 20 heavy (non-hydrogen) atoms. The van der Waals surface area contributed by atoms with Crippen LogP contribution in [0.1, 0.15) is 40.5 Å². The third kappa shape index (κ3) is 3.82. The third-order valence-electron chi connectivity index (χ3n) is 4.17. The Bertz CT molecular complexity index is 462. The summed E-state index contributed by atoms with van der Waals surface area (Å²) in [6.45, 7) is 7.46. The molecule has 0 bridgehead atoms. The second kappa shape index (κ2) is 6.07. The lowest BCUT2D eigenvalue weighted by atomic mass is 9.92. The lowest BCUT2D eigenvalue weighted by Gasteiger charge is -2.20. The van der Waals surface area contributed by atoms with Gasteiger partial charge < -0.3 is 10.4 Å². The smallest absolute Gasteiger partial charge is 0.331 e. The number of carbonyl (C=O) groups excluding carboxylic acids is 2. The minimum atomic E-state index is -1.17. The van der Waals surface area contributed by atoms with Gasteiger partial charge in [-0.05, 0) is 38.0 Å². The van der Waals surface area contributed by atoms with Gasteiger partial charge in [-0.2, -0.15) is 0 Å². The maximum atomic E-state index is 11.7. The number of carboxylic acid groups (broad SMARTS) is 1. The third-order valence-corrected chi connectivity index (χ3v) is 4.17. The number of nitrogens with one attached hydrogen (secondary N) is 2. The molecule has 1 rings (SSSR count). The van der Waals surface area contributed by atoms with Crippen molar-refractivity contribution in [2.45, 2.75) is 40.5 Å². The Morgan fingerprint density at radius 2 is 1.70 bits per heavy atom. The van der Waals surface area contributed by atoms with E-state index in [0.717, 1.165) is 12.8 Å². The van der Waals surface area contributed by atoms with Crippen LogP contribution in [0.2, 0.25) is 0 Å². The van der Waals surface area contributed by atoms with Gasteiger partial charge in [-0.3, -0.25) is 10.1 Å². The van der Waals surface area contributed by atoms with E-state index in [-0.39, 0.29) is 16.6 Å². The Morgan fingerprint density at radius 3 is 2.10 bits per heavy atom. The van der Waals surface area contributed by atoms with Gasteiger partial charge in [0.15, 0.2) is 0 Å². The van der Waals surface area contributed by atoms with E-state index >= 15 is 0 Å².